The summed E-state index contributed by atoms with van der Waals surface area (Å²) in [6, 6.07) is 16.7. The van der Waals surface area contributed by atoms with Crippen LogP contribution in [0.15, 0.2) is 54.6 Å². The van der Waals surface area contributed by atoms with Crippen LogP contribution in [0.4, 0.5) is 0 Å². The third-order valence-electron chi connectivity index (χ3n) is 3.96. The molecule has 2 aromatic rings. The molecular formula is C21H25NO4. The largest absolute Gasteiger partial charge is 0.489 e. The highest BCUT2D eigenvalue weighted by atomic mass is 16.5. The van der Waals surface area contributed by atoms with Crippen molar-refractivity contribution < 1.29 is 19.4 Å². The standard InChI is InChI=1S/C21H25NO4/c1-15(2)11-18(21(24)25)13-22-20(23)17-9-6-10-19(12-17)26-14-16-7-4-3-5-8-16/h3-10,12,15,18H,11,13-14H2,1-2H3,(H,22,23)(H,24,25). The SMILES string of the molecule is CC(C)CC(CNC(=O)c1cccc(OCc2ccccc2)c1)C(=O)O. The van der Waals surface area contributed by atoms with Crippen LogP contribution in [0, 0.1) is 11.8 Å². The molecule has 0 radical (unpaired) electrons. The Kier molecular flexibility index (Phi) is 7.21. The molecule has 0 aliphatic heterocycles. The predicted octanol–water partition coefficient (Wildman–Crippen LogP) is 3.74. The average Bonchev–Trinajstić information content (AvgIpc) is 2.63. The number of nitrogens with one attached hydrogen (secondary N) is 1. The van der Waals surface area contributed by atoms with E-state index < -0.39 is 11.9 Å². The van der Waals surface area contributed by atoms with E-state index in [4.69, 9.17) is 4.74 Å². The van der Waals surface area contributed by atoms with E-state index in [0.717, 1.165) is 5.56 Å². The molecule has 0 spiro atoms. The van der Waals surface area contributed by atoms with Crippen molar-refractivity contribution in [2.75, 3.05) is 6.54 Å². The van der Waals surface area contributed by atoms with E-state index >= 15 is 0 Å². The van der Waals surface area contributed by atoms with Crippen molar-refractivity contribution in [3.8, 4) is 5.75 Å². The highest BCUT2D eigenvalue weighted by Gasteiger charge is 2.20. The van der Waals surface area contributed by atoms with Crippen LogP contribution in [-0.2, 0) is 11.4 Å². The normalized spacial score (nSPS) is 11.8. The Bertz CT molecular complexity index is 728. The maximum absolute atomic E-state index is 12.3. The fraction of sp³-hybridized carbons (Fsp3) is 0.333. The van der Waals surface area contributed by atoms with Crippen LogP contribution >= 0.6 is 0 Å². The molecule has 2 N–H and O–H groups in total. The molecule has 0 saturated heterocycles. The second-order valence-electron chi connectivity index (χ2n) is 6.68. The van der Waals surface area contributed by atoms with Gasteiger partial charge in [0.05, 0.1) is 5.92 Å². The number of carboxylic acids is 1. The minimum absolute atomic E-state index is 0.113. The first-order chi connectivity index (χ1) is 12.5. The number of ether oxygens (including phenoxy) is 1. The van der Waals surface area contributed by atoms with Crippen molar-refractivity contribution in [1.82, 2.24) is 5.32 Å². The van der Waals surface area contributed by atoms with Crippen molar-refractivity contribution in [1.29, 1.82) is 0 Å². The molecule has 138 valence electrons. The Hall–Kier alpha value is -2.82. The number of carbonyl (C=O) groups is 2. The average molecular weight is 355 g/mol. The molecule has 2 aromatic carbocycles. The van der Waals surface area contributed by atoms with Gasteiger partial charge in [0, 0.05) is 12.1 Å². The van der Waals surface area contributed by atoms with Gasteiger partial charge in [-0.3, -0.25) is 9.59 Å². The Morgan fingerprint density at radius 3 is 2.46 bits per heavy atom. The first-order valence-corrected chi connectivity index (χ1v) is 8.73. The molecule has 0 saturated carbocycles. The summed E-state index contributed by atoms with van der Waals surface area (Å²) >= 11 is 0. The summed E-state index contributed by atoms with van der Waals surface area (Å²) in [7, 11) is 0. The van der Waals surface area contributed by atoms with E-state index in [0.29, 0.717) is 24.3 Å². The Morgan fingerprint density at radius 2 is 1.81 bits per heavy atom. The van der Waals surface area contributed by atoms with Gasteiger partial charge in [-0.2, -0.15) is 0 Å². The smallest absolute Gasteiger partial charge is 0.308 e. The zero-order valence-electron chi connectivity index (χ0n) is 15.1. The topological polar surface area (TPSA) is 75.6 Å². The monoisotopic (exact) mass is 355 g/mol. The lowest BCUT2D eigenvalue weighted by molar-refractivity contribution is -0.142. The van der Waals surface area contributed by atoms with E-state index in [1.54, 1.807) is 24.3 Å². The third-order valence-corrected chi connectivity index (χ3v) is 3.96. The van der Waals surface area contributed by atoms with Gasteiger partial charge in [0.2, 0.25) is 0 Å². The minimum Gasteiger partial charge on any atom is -0.489 e. The van der Waals surface area contributed by atoms with Gasteiger partial charge in [-0.05, 0) is 36.1 Å². The molecule has 5 nitrogen and oxygen atoms in total. The fourth-order valence-electron chi connectivity index (χ4n) is 2.63. The lowest BCUT2D eigenvalue weighted by atomic mass is 9.97. The molecule has 26 heavy (non-hydrogen) atoms. The van der Waals surface area contributed by atoms with E-state index in [1.807, 2.05) is 44.2 Å². The van der Waals surface area contributed by atoms with E-state index in [-0.39, 0.29) is 18.4 Å². The van der Waals surface area contributed by atoms with Crippen LogP contribution in [-0.4, -0.2) is 23.5 Å². The lowest BCUT2D eigenvalue weighted by Gasteiger charge is -2.15. The van der Waals surface area contributed by atoms with Crippen molar-refractivity contribution in [2.45, 2.75) is 26.9 Å². The molecule has 0 fully saturated rings. The summed E-state index contributed by atoms with van der Waals surface area (Å²) < 4.78 is 5.73. The van der Waals surface area contributed by atoms with Gasteiger partial charge in [-0.25, -0.2) is 0 Å². The summed E-state index contributed by atoms with van der Waals surface area (Å²) in [5.41, 5.74) is 1.49. The van der Waals surface area contributed by atoms with E-state index in [1.165, 1.54) is 0 Å². The van der Waals surface area contributed by atoms with E-state index in [2.05, 4.69) is 5.32 Å². The molecular weight excluding hydrogens is 330 g/mol. The van der Waals surface area contributed by atoms with Crippen molar-refractivity contribution in [3.05, 3.63) is 65.7 Å². The summed E-state index contributed by atoms with van der Waals surface area (Å²) in [5.74, 6) is -0.929. The van der Waals surface area contributed by atoms with Gasteiger partial charge in [-0.15, -0.1) is 0 Å². The van der Waals surface area contributed by atoms with Crippen LogP contribution in [0.2, 0.25) is 0 Å². The lowest BCUT2D eigenvalue weighted by Crippen LogP contribution is -2.33. The van der Waals surface area contributed by atoms with Crippen LogP contribution < -0.4 is 10.1 Å². The number of benzene rings is 2. The second kappa shape index (κ2) is 9.61. The Morgan fingerprint density at radius 1 is 1.08 bits per heavy atom. The third kappa shape index (κ3) is 6.24. The maximum atomic E-state index is 12.3. The van der Waals surface area contributed by atoms with Crippen molar-refractivity contribution >= 4 is 11.9 Å². The fourth-order valence-corrected chi connectivity index (χ4v) is 2.63. The molecule has 0 bridgehead atoms. The Labute approximate surface area is 154 Å². The zero-order valence-corrected chi connectivity index (χ0v) is 15.1. The van der Waals surface area contributed by atoms with Crippen molar-refractivity contribution in [3.63, 3.8) is 0 Å². The summed E-state index contributed by atoms with van der Waals surface area (Å²) in [4.78, 5) is 23.6. The number of rotatable bonds is 9. The molecule has 0 aliphatic carbocycles. The van der Waals surface area contributed by atoms with Gasteiger partial charge >= 0.3 is 5.97 Å². The molecule has 0 heterocycles. The number of hydrogen-bond acceptors (Lipinski definition) is 3. The predicted molar refractivity (Wildman–Crippen MR) is 100 cm³/mol. The van der Waals surface area contributed by atoms with Crippen molar-refractivity contribution in [2.24, 2.45) is 11.8 Å². The van der Waals surface area contributed by atoms with Gasteiger partial charge in [-0.1, -0.05) is 50.2 Å². The van der Waals surface area contributed by atoms with Gasteiger partial charge in [0.25, 0.3) is 5.91 Å². The van der Waals surface area contributed by atoms with Gasteiger partial charge in [0.15, 0.2) is 0 Å². The second-order valence-corrected chi connectivity index (χ2v) is 6.68. The Balaban J connectivity index is 1.93. The maximum Gasteiger partial charge on any atom is 0.308 e. The number of aliphatic carboxylic acids is 1. The summed E-state index contributed by atoms with van der Waals surface area (Å²) in [5, 5.41) is 12.0. The molecule has 5 heteroatoms. The number of amides is 1. The quantitative estimate of drug-likeness (QED) is 0.718. The highest BCUT2D eigenvalue weighted by Crippen LogP contribution is 2.16. The minimum atomic E-state index is -0.890. The number of hydrogen-bond donors (Lipinski definition) is 2. The molecule has 1 atom stereocenters. The van der Waals surface area contributed by atoms with Crippen LogP contribution in [0.25, 0.3) is 0 Å². The highest BCUT2D eigenvalue weighted by molar-refractivity contribution is 5.94. The number of carbonyl (C=O) groups excluding carboxylic acids is 1. The van der Waals surface area contributed by atoms with Gasteiger partial charge < -0.3 is 15.2 Å². The molecule has 0 aromatic heterocycles. The van der Waals surface area contributed by atoms with Crippen LogP contribution in [0.1, 0.15) is 36.2 Å². The van der Waals surface area contributed by atoms with Gasteiger partial charge in [0.1, 0.15) is 12.4 Å². The number of carboxylic acid groups (broad SMARTS) is 1. The van der Waals surface area contributed by atoms with E-state index in [9.17, 15) is 14.7 Å². The first-order valence-electron chi connectivity index (χ1n) is 8.73. The molecule has 2 rings (SSSR count). The molecule has 0 aliphatic rings. The summed E-state index contributed by atoms with van der Waals surface area (Å²) in [6.07, 6.45) is 0.524. The molecule has 1 amide bonds. The first kappa shape index (κ1) is 19.5. The summed E-state index contributed by atoms with van der Waals surface area (Å²) in [6.45, 7) is 4.46. The molecule has 1 unspecified atom stereocenters. The van der Waals surface area contributed by atoms with Crippen LogP contribution in [0.5, 0.6) is 5.75 Å². The van der Waals surface area contributed by atoms with Crippen LogP contribution in [0.3, 0.4) is 0 Å². The zero-order chi connectivity index (χ0) is 18.9.